The van der Waals surface area contributed by atoms with E-state index >= 15 is 0 Å². The van der Waals surface area contributed by atoms with Crippen molar-refractivity contribution in [1.29, 1.82) is 0 Å². The van der Waals surface area contributed by atoms with Gasteiger partial charge in [0, 0.05) is 24.3 Å². The molecule has 0 aromatic rings. The monoisotopic (exact) mass is 942 g/mol. The van der Waals surface area contributed by atoms with E-state index in [1.54, 1.807) is 11.8 Å². The Morgan fingerprint density at radius 1 is 0.422 bits per heavy atom. The highest BCUT2D eigenvalue weighted by atomic mass is 32.2. The minimum atomic E-state index is -1.96. The van der Waals surface area contributed by atoms with E-state index in [1.807, 2.05) is 0 Å². The Kier molecular flexibility index (Phi) is 54.0. The average Bonchev–Trinajstić information content (AvgIpc) is 3.30. The van der Waals surface area contributed by atoms with Gasteiger partial charge in [-0.15, -0.1) is 0 Å². The minimum Gasteiger partial charge on any atom is -0.395 e. The van der Waals surface area contributed by atoms with Crippen LogP contribution in [0.3, 0.4) is 0 Å². The van der Waals surface area contributed by atoms with Crippen molar-refractivity contribution < 1.29 is 23.1 Å². The molecule has 0 aliphatic rings. The molecule has 0 rings (SSSR count). The summed E-state index contributed by atoms with van der Waals surface area (Å²) in [5.74, 6) is 0.868. The fourth-order valence-corrected chi connectivity index (χ4v) is 11.9. The summed E-state index contributed by atoms with van der Waals surface area (Å²) in [5.41, 5.74) is -0.00326. The van der Waals surface area contributed by atoms with Gasteiger partial charge in [-0.2, -0.15) is 0 Å². The van der Waals surface area contributed by atoms with Crippen molar-refractivity contribution in [3.8, 4) is 0 Å². The molecule has 1 atom stereocenters. The number of hydrogen-bond donors (Lipinski definition) is 1. The first-order valence-corrected chi connectivity index (χ1v) is 31.5. The van der Waals surface area contributed by atoms with Gasteiger partial charge in [-0.25, -0.2) is 0 Å². The molecule has 64 heavy (non-hydrogen) atoms. The van der Waals surface area contributed by atoms with Crippen LogP contribution in [0.4, 0.5) is 0 Å². The zero-order valence-electron chi connectivity index (χ0n) is 44.2. The number of likely N-dealkylation sites (N-methyl/N-ethyl adjacent to an activating group) is 1. The molecule has 0 fully saturated rings. The van der Waals surface area contributed by atoms with Crippen LogP contribution in [0.1, 0.15) is 291 Å². The summed E-state index contributed by atoms with van der Waals surface area (Å²) in [6.45, 7) is 13.0. The molecule has 6 nitrogen and oxygen atoms in total. The Balaban J connectivity index is 5.07. The maximum atomic E-state index is 12.8. The molecular formula is C56H115NO5SSi. The highest BCUT2D eigenvalue weighted by molar-refractivity contribution is 8.13. The SMILES string of the molecule is CCCCCCCCCCCCCCCC(CCCCCCCCCCCCCCC)(CO[SiH](CCCSC(=O)CCCCCCCCCCC)OCCOCCOCCCC)NC. The second kappa shape index (κ2) is 54.0. The highest BCUT2D eigenvalue weighted by Gasteiger charge is 2.29. The standard InChI is InChI=1S/C56H115NO5SSi/c1-6-10-14-17-20-23-25-27-29-32-35-38-41-45-56(57-5,46-42-39-36-33-30-28-26-24-21-18-15-11-7-2)54-62-64(61-51-50-60-49-48-59-47-13-9-4)53-43-52-63-55(58)44-40-37-34-31-22-19-16-12-8-3/h57,64H,6-54H2,1-5H3. The number of unbranched alkanes of at least 4 members (excludes halogenated alkanes) is 33. The van der Waals surface area contributed by atoms with Gasteiger partial charge in [-0.1, -0.05) is 264 Å². The van der Waals surface area contributed by atoms with Crippen molar-refractivity contribution in [2.75, 3.05) is 52.4 Å². The summed E-state index contributed by atoms with van der Waals surface area (Å²) in [6, 6.07) is 0.940. The van der Waals surface area contributed by atoms with Gasteiger partial charge in [0.25, 0.3) is 0 Å². The van der Waals surface area contributed by atoms with Gasteiger partial charge in [-0.3, -0.25) is 4.79 Å². The Morgan fingerprint density at radius 3 is 1.19 bits per heavy atom. The Morgan fingerprint density at radius 2 is 0.781 bits per heavy atom. The van der Waals surface area contributed by atoms with Crippen LogP contribution >= 0.6 is 11.8 Å². The molecular weight excluding hydrogens is 827 g/mol. The van der Waals surface area contributed by atoms with Crippen molar-refractivity contribution >= 4 is 26.2 Å². The molecule has 1 N–H and O–H groups in total. The zero-order valence-corrected chi connectivity index (χ0v) is 46.1. The maximum Gasteiger partial charge on any atom is 0.321 e. The molecule has 384 valence electrons. The summed E-state index contributed by atoms with van der Waals surface area (Å²) in [4.78, 5) is 12.8. The molecule has 8 heteroatoms. The van der Waals surface area contributed by atoms with Crippen molar-refractivity contribution in [3.63, 3.8) is 0 Å². The van der Waals surface area contributed by atoms with E-state index in [9.17, 15) is 4.79 Å². The first-order chi connectivity index (χ1) is 31.6. The Labute approximate surface area is 407 Å². The summed E-state index contributed by atoms with van der Waals surface area (Å²) < 4.78 is 25.0. The van der Waals surface area contributed by atoms with Crippen LogP contribution in [0.15, 0.2) is 0 Å². The lowest BCUT2D eigenvalue weighted by Gasteiger charge is -2.35. The summed E-state index contributed by atoms with van der Waals surface area (Å²) >= 11 is 1.54. The number of hydrogen-bond acceptors (Lipinski definition) is 7. The number of carbonyl (C=O) groups is 1. The van der Waals surface area contributed by atoms with Crippen molar-refractivity contribution in [2.45, 2.75) is 303 Å². The van der Waals surface area contributed by atoms with E-state index in [0.717, 1.165) is 57.1 Å². The van der Waals surface area contributed by atoms with Gasteiger partial charge in [0.15, 0.2) is 5.12 Å². The number of nitrogens with one attached hydrogen (secondary N) is 1. The lowest BCUT2D eigenvalue weighted by molar-refractivity contribution is -0.111. The van der Waals surface area contributed by atoms with Crippen molar-refractivity contribution in [2.24, 2.45) is 0 Å². The van der Waals surface area contributed by atoms with Gasteiger partial charge in [0.2, 0.25) is 0 Å². The van der Waals surface area contributed by atoms with Crippen molar-refractivity contribution in [3.05, 3.63) is 0 Å². The summed E-state index contributed by atoms with van der Waals surface area (Å²) in [5, 5.41) is 4.21. The quantitative estimate of drug-likeness (QED) is 0.0481. The molecule has 0 spiro atoms. The summed E-state index contributed by atoms with van der Waals surface area (Å²) in [7, 11) is 0.220. The third-order valence-corrected chi connectivity index (χ3v) is 16.5. The van der Waals surface area contributed by atoms with E-state index in [1.165, 1.54) is 231 Å². The molecule has 0 aliphatic carbocycles. The largest absolute Gasteiger partial charge is 0.395 e. The third kappa shape index (κ3) is 47.1. The van der Waals surface area contributed by atoms with Gasteiger partial charge < -0.3 is 23.6 Å². The fraction of sp³-hybridized carbons (Fsp3) is 0.982. The van der Waals surface area contributed by atoms with Gasteiger partial charge in [0.1, 0.15) is 0 Å². The molecule has 0 radical (unpaired) electrons. The van der Waals surface area contributed by atoms with E-state index in [4.69, 9.17) is 18.3 Å². The van der Waals surface area contributed by atoms with Crippen LogP contribution < -0.4 is 5.32 Å². The molecule has 0 amide bonds. The van der Waals surface area contributed by atoms with Crippen LogP contribution in [0.2, 0.25) is 6.04 Å². The average molecular weight is 943 g/mol. The van der Waals surface area contributed by atoms with Crippen LogP contribution in [-0.4, -0.2) is 72.4 Å². The molecule has 0 saturated carbocycles. The predicted molar refractivity (Wildman–Crippen MR) is 287 cm³/mol. The van der Waals surface area contributed by atoms with E-state index in [0.29, 0.717) is 31.5 Å². The normalized spacial score (nSPS) is 12.5. The first kappa shape index (κ1) is 64.0. The molecule has 0 aliphatic heterocycles. The number of ether oxygens (including phenoxy) is 2. The number of thioether (sulfide) groups is 1. The van der Waals surface area contributed by atoms with E-state index in [2.05, 4.69) is 40.1 Å². The van der Waals surface area contributed by atoms with Gasteiger partial charge >= 0.3 is 9.28 Å². The molecule has 1 unspecified atom stereocenters. The predicted octanol–water partition coefficient (Wildman–Crippen LogP) is 17.6. The van der Waals surface area contributed by atoms with Gasteiger partial charge in [-0.05, 0) is 45.2 Å². The molecule has 0 saturated heterocycles. The number of rotatable bonds is 56. The Bertz CT molecular complexity index is 869. The zero-order chi connectivity index (χ0) is 46.5. The highest BCUT2D eigenvalue weighted by Crippen LogP contribution is 2.26. The molecule has 0 heterocycles. The third-order valence-electron chi connectivity index (χ3n) is 13.5. The molecule has 0 aromatic heterocycles. The van der Waals surface area contributed by atoms with Crippen LogP contribution in [0.5, 0.6) is 0 Å². The lowest BCUT2D eigenvalue weighted by atomic mass is 9.87. The first-order valence-electron chi connectivity index (χ1n) is 28.8. The minimum absolute atomic E-state index is 0.00326. The summed E-state index contributed by atoms with van der Waals surface area (Å²) in [6.07, 6.45) is 54.0. The van der Waals surface area contributed by atoms with Gasteiger partial charge in [0.05, 0.1) is 33.0 Å². The Hall–Kier alpha value is 0.0369. The van der Waals surface area contributed by atoms with Crippen LogP contribution in [0, 0.1) is 0 Å². The fourth-order valence-electron chi connectivity index (χ4n) is 8.92. The van der Waals surface area contributed by atoms with Crippen LogP contribution in [0.25, 0.3) is 0 Å². The van der Waals surface area contributed by atoms with Crippen LogP contribution in [-0.2, 0) is 23.1 Å². The second-order valence-corrected chi connectivity index (χ2v) is 22.9. The topological polar surface area (TPSA) is 66.0 Å². The number of carbonyl (C=O) groups excluding carboxylic acids is 1. The maximum absolute atomic E-state index is 12.8. The molecule has 0 aromatic carbocycles. The van der Waals surface area contributed by atoms with E-state index in [-0.39, 0.29) is 5.54 Å². The van der Waals surface area contributed by atoms with E-state index < -0.39 is 9.28 Å². The lowest BCUT2D eigenvalue weighted by Crippen LogP contribution is -2.49. The smallest absolute Gasteiger partial charge is 0.321 e. The second-order valence-electron chi connectivity index (χ2n) is 19.6. The van der Waals surface area contributed by atoms with Crippen molar-refractivity contribution in [1.82, 2.24) is 5.32 Å². The molecule has 0 bridgehead atoms.